The van der Waals surface area contributed by atoms with E-state index >= 15 is 0 Å². The van der Waals surface area contributed by atoms with E-state index in [1.807, 2.05) is 24.3 Å². The van der Waals surface area contributed by atoms with E-state index in [2.05, 4.69) is 15.3 Å². The molecule has 0 atom stereocenters. The van der Waals surface area contributed by atoms with Crippen LogP contribution in [-0.2, 0) is 6.61 Å². The van der Waals surface area contributed by atoms with Crippen LogP contribution in [0.5, 0.6) is 0 Å². The maximum Gasteiger partial charge on any atom is 0.117 e. The Hall–Kier alpha value is -2.24. The number of halogens is 1. The fourth-order valence-corrected chi connectivity index (χ4v) is 2.10. The van der Waals surface area contributed by atoms with Gasteiger partial charge in [-0.05, 0) is 36.4 Å². The summed E-state index contributed by atoms with van der Waals surface area (Å²) in [6.45, 7) is -0.183. The van der Waals surface area contributed by atoms with Gasteiger partial charge in [-0.3, -0.25) is 4.98 Å². The number of nitrogens with zero attached hydrogens (tertiary/aromatic N) is 4. The second-order valence-corrected chi connectivity index (χ2v) is 4.61. The molecule has 0 saturated carbocycles. The molecule has 2 aromatic heterocycles. The van der Waals surface area contributed by atoms with E-state index in [0.29, 0.717) is 10.7 Å². The van der Waals surface area contributed by atoms with Gasteiger partial charge in [0.2, 0.25) is 0 Å². The van der Waals surface area contributed by atoms with Gasteiger partial charge in [0.05, 0.1) is 12.3 Å². The Bertz CT molecular complexity index is 710. The fourth-order valence-electron chi connectivity index (χ4n) is 1.97. The molecule has 0 aliphatic heterocycles. The van der Waals surface area contributed by atoms with E-state index in [1.165, 1.54) is 0 Å². The maximum atomic E-state index is 9.43. The second kappa shape index (κ2) is 5.40. The first-order chi connectivity index (χ1) is 9.79. The highest BCUT2D eigenvalue weighted by molar-refractivity contribution is 6.30. The molecule has 0 amide bonds. The predicted octanol–water partition coefficient (Wildman–Crippen LogP) is 2.47. The zero-order chi connectivity index (χ0) is 13.9. The van der Waals surface area contributed by atoms with Gasteiger partial charge in [-0.2, -0.15) is 0 Å². The van der Waals surface area contributed by atoms with Gasteiger partial charge in [0, 0.05) is 23.0 Å². The van der Waals surface area contributed by atoms with E-state index in [0.717, 1.165) is 16.9 Å². The molecule has 20 heavy (non-hydrogen) atoms. The number of aromatic nitrogens is 4. The number of aliphatic hydroxyl groups excluding tert-OH is 1. The molecular weight excluding hydrogens is 276 g/mol. The van der Waals surface area contributed by atoms with E-state index in [9.17, 15) is 5.11 Å². The second-order valence-electron chi connectivity index (χ2n) is 4.17. The summed E-state index contributed by atoms with van der Waals surface area (Å²) in [7, 11) is 0. The molecule has 3 aromatic rings. The van der Waals surface area contributed by atoms with Crippen molar-refractivity contribution in [1.82, 2.24) is 20.0 Å². The summed E-state index contributed by atoms with van der Waals surface area (Å²) in [4.78, 5) is 4.09. The van der Waals surface area contributed by atoms with Crippen LogP contribution in [0.3, 0.4) is 0 Å². The standard InChI is InChI=1S/C14H11ClN4O/c15-11-3-5-12(6-4-11)19-14(13(9-20)17-18-19)10-2-1-7-16-8-10/h1-8,20H,9H2. The summed E-state index contributed by atoms with van der Waals surface area (Å²) < 4.78 is 1.67. The van der Waals surface area contributed by atoms with Crippen molar-refractivity contribution in [3.8, 4) is 16.9 Å². The van der Waals surface area contributed by atoms with E-state index < -0.39 is 0 Å². The lowest BCUT2D eigenvalue weighted by Gasteiger charge is -2.07. The van der Waals surface area contributed by atoms with Gasteiger partial charge in [-0.1, -0.05) is 16.8 Å². The van der Waals surface area contributed by atoms with Crippen molar-refractivity contribution in [3.05, 3.63) is 59.5 Å². The Morgan fingerprint density at radius 3 is 2.60 bits per heavy atom. The molecule has 0 radical (unpaired) electrons. The van der Waals surface area contributed by atoms with Crippen molar-refractivity contribution < 1.29 is 5.11 Å². The summed E-state index contributed by atoms with van der Waals surface area (Å²) in [6.07, 6.45) is 3.41. The Balaban J connectivity index is 2.17. The number of benzene rings is 1. The van der Waals surface area contributed by atoms with Crippen molar-refractivity contribution in [2.45, 2.75) is 6.61 Å². The van der Waals surface area contributed by atoms with Crippen molar-refractivity contribution in [2.75, 3.05) is 0 Å². The van der Waals surface area contributed by atoms with Gasteiger partial charge in [0.1, 0.15) is 11.4 Å². The van der Waals surface area contributed by atoms with Crippen LogP contribution in [0, 0.1) is 0 Å². The first-order valence-corrected chi connectivity index (χ1v) is 6.39. The average molecular weight is 287 g/mol. The van der Waals surface area contributed by atoms with Crippen LogP contribution >= 0.6 is 11.6 Å². The maximum absolute atomic E-state index is 9.43. The fraction of sp³-hybridized carbons (Fsp3) is 0.0714. The largest absolute Gasteiger partial charge is 0.390 e. The smallest absolute Gasteiger partial charge is 0.117 e. The van der Waals surface area contributed by atoms with Crippen molar-refractivity contribution >= 4 is 11.6 Å². The molecule has 2 heterocycles. The Morgan fingerprint density at radius 2 is 1.95 bits per heavy atom. The van der Waals surface area contributed by atoms with Crippen LogP contribution in [0.4, 0.5) is 0 Å². The summed E-state index contributed by atoms with van der Waals surface area (Å²) >= 11 is 5.89. The summed E-state index contributed by atoms with van der Waals surface area (Å²) in [5.74, 6) is 0. The van der Waals surface area contributed by atoms with Crippen LogP contribution in [-0.4, -0.2) is 25.1 Å². The third kappa shape index (κ3) is 2.29. The third-order valence-electron chi connectivity index (χ3n) is 2.90. The van der Waals surface area contributed by atoms with Gasteiger partial charge < -0.3 is 5.11 Å². The molecular formula is C14H11ClN4O. The minimum atomic E-state index is -0.183. The summed E-state index contributed by atoms with van der Waals surface area (Å²) in [6, 6.07) is 11.0. The monoisotopic (exact) mass is 286 g/mol. The van der Waals surface area contributed by atoms with Gasteiger partial charge >= 0.3 is 0 Å². The summed E-state index contributed by atoms with van der Waals surface area (Å²) in [5, 5.41) is 18.2. The number of pyridine rings is 1. The molecule has 0 aliphatic carbocycles. The van der Waals surface area contributed by atoms with E-state index in [-0.39, 0.29) is 6.61 Å². The van der Waals surface area contributed by atoms with Crippen LogP contribution < -0.4 is 0 Å². The Kier molecular flexibility index (Phi) is 3.45. The van der Waals surface area contributed by atoms with E-state index in [4.69, 9.17) is 11.6 Å². The number of hydrogen-bond donors (Lipinski definition) is 1. The predicted molar refractivity (Wildman–Crippen MR) is 75.5 cm³/mol. The third-order valence-corrected chi connectivity index (χ3v) is 3.15. The molecule has 100 valence electrons. The molecule has 0 unspecified atom stereocenters. The molecule has 0 aliphatic rings. The minimum Gasteiger partial charge on any atom is -0.390 e. The van der Waals surface area contributed by atoms with Crippen LogP contribution in [0.15, 0.2) is 48.8 Å². The lowest BCUT2D eigenvalue weighted by atomic mass is 10.1. The molecule has 6 heteroatoms. The van der Waals surface area contributed by atoms with E-state index in [1.54, 1.807) is 29.2 Å². The molecule has 0 fully saturated rings. The number of hydrogen-bond acceptors (Lipinski definition) is 4. The molecule has 1 N–H and O–H groups in total. The highest BCUT2D eigenvalue weighted by atomic mass is 35.5. The van der Waals surface area contributed by atoms with Crippen molar-refractivity contribution in [1.29, 1.82) is 0 Å². The van der Waals surface area contributed by atoms with Crippen molar-refractivity contribution in [3.63, 3.8) is 0 Å². The zero-order valence-electron chi connectivity index (χ0n) is 10.4. The van der Waals surface area contributed by atoms with Crippen LogP contribution in [0.2, 0.25) is 5.02 Å². The SMILES string of the molecule is OCc1nnn(-c2ccc(Cl)cc2)c1-c1cccnc1. The van der Waals surface area contributed by atoms with Crippen LogP contribution in [0.25, 0.3) is 16.9 Å². The van der Waals surface area contributed by atoms with Gasteiger partial charge in [0.15, 0.2) is 0 Å². The topological polar surface area (TPSA) is 63.8 Å². The van der Waals surface area contributed by atoms with Crippen molar-refractivity contribution in [2.24, 2.45) is 0 Å². The quantitative estimate of drug-likeness (QED) is 0.803. The lowest BCUT2D eigenvalue weighted by molar-refractivity contribution is 0.277. The minimum absolute atomic E-state index is 0.183. The number of aliphatic hydroxyl groups is 1. The lowest BCUT2D eigenvalue weighted by Crippen LogP contribution is -2.00. The molecule has 0 bridgehead atoms. The first-order valence-electron chi connectivity index (χ1n) is 6.01. The molecule has 3 rings (SSSR count). The van der Waals surface area contributed by atoms with Gasteiger partial charge in [-0.25, -0.2) is 4.68 Å². The Labute approximate surface area is 120 Å². The highest BCUT2D eigenvalue weighted by Crippen LogP contribution is 2.25. The van der Waals surface area contributed by atoms with Gasteiger partial charge in [-0.15, -0.1) is 5.10 Å². The molecule has 0 spiro atoms. The molecule has 5 nitrogen and oxygen atoms in total. The Morgan fingerprint density at radius 1 is 1.15 bits per heavy atom. The number of rotatable bonds is 3. The zero-order valence-corrected chi connectivity index (χ0v) is 11.2. The summed E-state index contributed by atoms with van der Waals surface area (Å²) in [5.41, 5.74) is 2.90. The normalized spacial score (nSPS) is 10.7. The van der Waals surface area contributed by atoms with Crippen LogP contribution in [0.1, 0.15) is 5.69 Å². The van der Waals surface area contributed by atoms with Gasteiger partial charge in [0.25, 0.3) is 0 Å². The average Bonchev–Trinajstić information content (AvgIpc) is 2.93. The first kappa shape index (κ1) is 12.8. The molecule has 0 saturated heterocycles. The molecule has 1 aromatic carbocycles. The highest BCUT2D eigenvalue weighted by Gasteiger charge is 2.15.